The van der Waals surface area contributed by atoms with Crippen molar-refractivity contribution in [3.05, 3.63) is 51.7 Å². The molecule has 9 nitrogen and oxygen atoms in total. The summed E-state index contributed by atoms with van der Waals surface area (Å²) in [5, 5.41) is 15.6. The van der Waals surface area contributed by atoms with Gasteiger partial charge in [0, 0.05) is 26.5 Å². The summed E-state index contributed by atoms with van der Waals surface area (Å²) in [5.74, 6) is 0.113. The van der Waals surface area contributed by atoms with E-state index in [1.54, 1.807) is 47.5 Å². The molecule has 0 fully saturated rings. The molecule has 1 aromatic carbocycles. The van der Waals surface area contributed by atoms with Gasteiger partial charge in [-0.3, -0.25) is 14.0 Å². The molecule has 2 aromatic heterocycles. The zero-order valence-electron chi connectivity index (χ0n) is 20.4. The molecule has 0 spiro atoms. The van der Waals surface area contributed by atoms with Gasteiger partial charge in [-0.1, -0.05) is 32.4 Å². The molecule has 0 unspecified atom stereocenters. The summed E-state index contributed by atoms with van der Waals surface area (Å²) < 4.78 is 14.3. The van der Waals surface area contributed by atoms with Gasteiger partial charge in [0.15, 0.2) is 5.52 Å². The Balaban J connectivity index is 0.00000408. The van der Waals surface area contributed by atoms with Crippen LogP contribution in [0.2, 0.25) is 0 Å². The number of fused-ring (bicyclic) bond motifs is 1. The fourth-order valence-corrected chi connectivity index (χ4v) is 3.87. The minimum absolute atomic E-state index is 0. The summed E-state index contributed by atoms with van der Waals surface area (Å²) in [6, 6.07) is 7.15. The van der Waals surface area contributed by atoms with Crippen molar-refractivity contribution in [2.24, 2.45) is 7.05 Å². The molecule has 1 atom stereocenters. The van der Waals surface area contributed by atoms with E-state index in [1.165, 1.54) is 0 Å². The first-order chi connectivity index (χ1) is 15.9. The van der Waals surface area contributed by atoms with E-state index < -0.39 is 12.1 Å². The third-order valence-electron chi connectivity index (χ3n) is 5.45. The van der Waals surface area contributed by atoms with Crippen molar-refractivity contribution in [3.8, 4) is 5.75 Å². The van der Waals surface area contributed by atoms with E-state index >= 15 is 0 Å². The number of benzene rings is 1. The van der Waals surface area contributed by atoms with Gasteiger partial charge in [0.2, 0.25) is 0 Å². The first-order valence-corrected chi connectivity index (χ1v) is 11.4. The number of aromatic nitrogens is 4. The maximum Gasteiger partial charge on any atom is 2.00 e. The number of nitrogens with zero attached hydrogens (tertiary/aromatic N) is 4. The Hall–Kier alpha value is -1.94. The first-order valence-electron chi connectivity index (χ1n) is 11.4. The average molecular weight is 496 g/mol. The van der Waals surface area contributed by atoms with Gasteiger partial charge in [0.25, 0.3) is 5.56 Å². The summed E-state index contributed by atoms with van der Waals surface area (Å²) in [5.41, 5.74) is 2.75. The summed E-state index contributed by atoms with van der Waals surface area (Å²) in [4.78, 5) is 29.1. The summed E-state index contributed by atoms with van der Waals surface area (Å²) >= 11 is 0. The molecule has 0 N–H and O–H groups in total. The number of carbonyl (C=O) groups is 1. The molecule has 3 aromatic rings. The van der Waals surface area contributed by atoms with Gasteiger partial charge in [-0.05, 0) is 31.0 Å². The van der Waals surface area contributed by atoms with E-state index in [2.05, 4.69) is 12.0 Å². The minimum Gasteiger partial charge on any atom is -0.547 e. The maximum atomic E-state index is 13.2. The number of aliphatic carboxylic acids is 1. The van der Waals surface area contributed by atoms with Crippen LogP contribution in [-0.4, -0.2) is 82.4 Å². The number of carboxylic acid groups (broad SMARTS) is 1. The van der Waals surface area contributed by atoms with Gasteiger partial charge in [0.1, 0.15) is 29.8 Å². The largest absolute Gasteiger partial charge is 2.00 e. The maximum absolute atomic E-state index is 13.2. The fourth-order valence-electron chi connectivity index (χ4n) is 3.87. The van der Waals surface area contributed by atoms with Crippen molar-refractivity contribution < 1.29 is 19.4 Å². The molecule has 0 aliphatic rings. The molecule has 0 amide bonds. The Labute approximate surface area is 229 Å². The molecule has 178 valence electrons. The zero-order valence-corrected chi connectivity index (χ0v) is 22.6. The molecular formula is C24H31CaN4O5+. The van der Waals surface area contributed by atoms with E-state index in [0.29, 0.717) is 48.8 Å². The van der Waals surface area contributed by atoms with Crippen LogP contribution in [0.15, 0.2) is 29.1 Å². The van der Waals surface area contributed by atoms with Crippen molar-refractivity contribution in [2.75, 3.05) is 13.2 Å². The Morgan fingerprint density at radius 1 is 1.18 bits per heavy atom. The number of hydrogen-bond acceptors (Lipinski definition) is 7. The van der Waals surface area contributed by atoms with E-state index in [0.717, 1.165) is 24.1 Å². The molecule has 0 bridgehead atoms. The van der Waals surface area contributed by atoms with E-state index in [1.807, 2.05) is 6.92 Å². The summed E-state index contributed by atoms with van der Waals surface area (Å²) in [6.45, 7) is 6.75. The summed E-state index contributed by atoms with van der Waals surface area (Å²) in [7, 11) is 1.77. The number of rotatable bonds is 12. The molecule has 3 rings (SSSR count). The zero-order chi connectivity index (χ0) is 24.0. The third kappa shape index (κ3) is 6.59. The van der Waals surface area contributed by atoms with Gasteiger partial charge in [-0.2, -0.15) is 5.10 Å². The summed E-state index contributed by atoms with van der Waals surface area (Å²) in [6.07, 6.45) is 1.59. The monoisotopic (exact) mass is 495 g/mol. The Kier molecular flexibility index (Phi) is 11.0. The smallest absolute Gasteiger partial charge is 0.547 e. The predicted octanol–water partition coefficient (Wildman–Crippen LogP) is 1.04. The second-order valence-electron chi connectivity index (χ2n) is 7.82. The Bertz CT molecular complexity index is 1160. The van der Waals surface area contributed by atoms with Crippen molar-refractivity contribution in [2.45, 2.75) is 59.1 Å². The topological polar surface area (TPSA) is 111 Å². The number of carbonyl (C=O) groups excluding carboxylic acids is 1. The van der Waals surface area contributed by atoms with Crippen LogP contribution < -0.4 is 15.4 Å². The second-order valence-corrected chi connectivity index (χ2v) is 7.82. The average Bonchev–Trinajstić information content (AvgIpc) is 3.11. The molecule has 34 heavy (non-hydrogen) atoms. The van der Waals surface area contributed by atoms with Crippen LogP contribution in [0.4, 0.5) is 0 Å². The molecule has 0 radical (unpaired) electrons. The molecular weight excluding hydrogens is 464 g/mol. The van der Waals surface area contributed by atoms with Crippen LogP contribution in [0.25, 0.3) is 11.0 Å². The van der Waals surface area contributed by atoms with Crippen LogP contribution in [0.5, 0.6) is 5.75 Å². The standard InChI is InChI=1S/C24H32N4O5.Ca/c1-5-8-18-21-22(27(4)26-18)23(29)28(20(6-2)25-21)13-14-33-17-11-9-16(10-12-17)15-19(24(30)31)32-7-3;/h9-12,19H,5-8,13-15H2,1-4H3,(H,30,31);/q;+2/p-1/t19-;/m0./s1. The van der Waals surface area contributed by atoms with Crippen molar-refractivity contribution >= 4 is 54.7 Å². The van der Waals surface area contributed by atoms with Crippen LogP contribution >= 0.6 is 0 Å². The van der Waals surface area contributed by atoms with Crippen LogP contribution in [0.3, 0.4) is 0 Å². The minimum atomic E-state index is -1.23. The van der Waals surface area contributed by atoms with Gasteiger partial charge in [-0.15, -0.1) is 0 Å². The fraction of sp³-hybridized carbons (Fsp3) is 0.500. The Morgan fingerprint density at radius 2 is 1.88 bits per heavy atom. The molecule has 10 heteroatoms. The van der Waals surface area contributed by atoms with Gasteiger partial charge >= 0.3 is 37.7 Å². The van der Waals surface area contributed by atoms with Gasteiger partial charge < -0.3 is 19.4 Å². The molecule has 0 saturated carbocycles. The molecule has 0 aliphatic heterocycles. The quantitative estimate of drug-likeness (QED) is 0.345. The third-order valence-corrected chi connectivity index (χ3v) is 5.45. The number of hydrogen-bond donors (Lipinski definition) is 0. The van der Waals surface area contributed by atoms with Crippen molar-refractivity contribution in [1.29, 1.82) is 0 Å². The van der Waals surface area contributed by atoms with E-state index in [9.17, 15) is 14.7 Å². The van der Waals surface area contributed by atoms with Crippen molar-refractivity contribution in [1.82, 2.24) is 19.3 Å². The van der Waals surface area contributed by atoms with E-state index in [4.69, 9.17) is 14.5 Å². The molecule has 0 saturated heterocycles. The van der Waals surface area contributed by atoms with Crippen LogP contribution in [0, 0.1) is 0 Å². The molecule has 2 heterocycles. The normalized spacial score (nSPS) is 11.9. The van der Waals surface area contributed by atoms with Crippen molar-refractivity contribution in [3.63, 3.8) is 0 Å². The van der Waals surface area contributed by atoms with E-state index in [-0.39, 0.29) is 49.7 Å². The van der Waals surface area contributed by atoms with Gasteiger partial charge in [-0.25, -0.2) is 4.98 Å². The number of carboxylic acids is 1. The SMILES string of the molecule is CCCc1nn(C)c2c(=O)n(CCOc3ccc(C[C@H](OCC)C(=O)[O-])cc3)c(CC)nc12.[Ca+2]. The number of aryl methyl sites for hydroxylation is 3. The second kappa shape index (κ2) is 13.2. The predicted molar refractivity (Wildman–Crippen MR) is 128 cm³/mol. The number of ether oxygens (including phenoxy) is 2. The van der Waals surface area contributed by atoms with Crippen LogP contribution in [-0.2, 0) is 42.4 Å². The van der Waals surface area contributed by atoms with Gasteiger partial charge in [0.05, 0.1) is 18.2 Å². The van der Waals surface area contributed by atoms with Crippen LogP contribution in [0.1, 0.15) is 44.3 Å². The molecule has 0 aliphatic carbocycles. The first kappa shape index (κ1) is 28.3. The Morgan fingerprint density at radius 3 is 2.47 bits per heavy atom.